The van der Waals surface area contributed by atoms with Crippen LogP contribution >= 0.6 is 11.8 Å². The number of methoxy groups -OCH3 is 2. The third-order valence-corrected chi connectivity index (χ3v) is 6.38. The summed E-state index contributed by atoms with van der Waals surface area (Å²) in [5.41, 5.74) is 0.733. The molecule has 2 aliphatic rings. The summed E-state index contributed by atoms with van der Waals surface area (Å²) in [6.07, 6.45) is 2.93. The van der Waals surface area contributed by atoms with Crippen LogP contribution < -0.4 is 14.8 Å². The molecule has 0 radical (unpaired) electrons. The first-order valence-electron chi connectivity index (χ1n) is 8.63. The van der Waals surface area contributed by atoms with Crippen LogP contribution in [-0.4, -0.2) is 64.2 Å². The molecule has 2 aliphatic heterocycles. The highest BCUT2D eigenvalue weighted by atomic mass is 32.2. The first-order chi connectivity index (χ1) is 13.2. The number of carboxylic acid groups (broad SMARTS) is 1. The van der Waals surface area contributed by atoms with Crippen molar-refractivity contribution >= 4 is 35.6 Å². The second kappa shape index (κ2) is 7.38. The first-order valence-corrected chi connectivity index (χ1v) is 9.51. The van der Waals surface area contributed by atoms with E-state index in [2.05, 4.69) is 5.32 Å². The van der Waals surface area contributed by atoms with E-state index in [9.17, 15) is 19.5 Å². The minimum atomic E-state index is -1.04. The van der Waals surface area contributed by atoms with Crippen LogP contribution in [0.5, 0.6) is 11.5 Å². The number of hydrogen-bond acceptors (Lipinski definition) is 6. The lowest BCUT2D eigenvalue weighted by atomic mass is 9.96. The van der Waals surface area contributed by atoms with Gasteiger partial charge in [-0.25, -0.2) is 4.79 Å². The monoisotopic (exact) mass is 406 g/mol. The second-order valence-electron chi connectivity index (χ2n) is 7.03. The molecule has 28 heavy (non-hydrogen) atoms. The number of carboxylic acids is 1. The maximum absolute atomic E-state index is 12.4. The molecule has 0 aromatic heterocycles. The Morgan fingerprint density at radius 3 is 2.54 bits per heavy atom. The summed E-state index contributed by atoms with van der Waals surface area (Å²) >= 11 is 1.39. The summed E-state index contributed by atoms with van der Waals surface area (Å²) in [6.45, 7) is 3.58. The van der Waals surface area contributed by atoms with Gasteiger partial charge in [0.05, 0.1) is 14.2 Å². The molecule has 2 saturated heterocycles. The van der Waals surface area contributed by atoms with E-state index in [0.717, 1.165) is 5.56 Å². The van der Waals surface area contributed by atoms with Gasteiger partial charge in [-0.05, 0) is 37.6 Å². The Hall–Kier alpha value is -2.68. The topological polar surface area (TPSA) is 105 Å². The zero-order valence-corrected chi connectivity index (χ0v) is 16.8. The number of carbonyl (C=O) groups is 3. The molecule has 3 rings (SSSR count). The third kappa shape index (κ3) is 3.42. The Labute approximate surface area is 166 Å². The number of amides is 2. The van der Waals surface area contributed by atoms with Gasteiger partial charge < -0.3 is 24.8 Å². The fraction of sp³-hybridized carbons (Fsp3) is 0.421. The first kappa shape index (κ1) is 20.1. The maximum atomic E-state index is 12.4. The number of ether oxygens (including phenoxy) is 2. The molecule has 0 aliphatic carbocycles. The Kier molecular flexibility index (Phi) is 5.29. The van der Waals surface area contributed by atoms with Gasteiger partial charge in [-0.3, -0.25) is 9.59 Å². The van der Waals surface area contributed by atoms with Crippen LogP contribution in [0.4, 0.5) is 0 Å². The summed E-state index contributed by atoms with van der Waals surface area (Å²) in [6, 6.07) is 3.61. The quantitative estimate of drug-likeness (QED) is 0.543. The number of fused-ring (bicyclic) bond motifs is 1. The molecule has 0 spiro atoms. The van der Waals surface area contributed by atoms with Gasteiger partial charge in [0.2, 0.25) is 11.8 Å². The van der Waals surface area contributed by atoms with Crippen LogP contribution in [0.3, 0.4) is 0 Å². The van der Waals surface area contributed by atoms with E-state index in [-0.39, 0.29) is 11.3 Å². The molecule has 2 fully saturated rings. The van der Waals surface area contributed by atoms with Crippen molar-refractivity contribution < 1.29 is 29.0 Å². The Morgan fingerprint density at radius 1 is 1.25 bits per heavy atom. The van der Waals surface area contributed by atoms with E-state index in [1.54, 1.807) is 38.1 Å². The summed E-state index contributed by atoms with van der Waals surface area (Å²) in [7, 11) is 3.06. The number of hydrogen-bond donors (Lipinski definition) is 2. The third-order valence-electron chi connectivity index (χ3n) is 4.81. The lowest BCUT2D eigenvalue weighted by Crippen LogP contribution is -2.70. The summed E-state index contributed by atoms with van der Waals surface area (Å²) in [5.74, 6) is -0.711. The maximum Gasteiger partial charge on any atom is 0.327 e. The molecule has 1 aromatic rings. The van der Waals surface area contributed by atoms with Crippen LogP contribution in [0.25, 0.3) is 6.08 Å². The summed E-state index contributed by atoms with van der Waals surface area (Å²) < 4.78 is 9.77. The van der Waals surface area contributed by atoms with Gasteiger partial charge in [-0.15, -0.1) is 11.8 Å². The van der Waals surface area contributed by atoms with Crippen molar-refractivity contribution in [2.24, 2.45) is 0 Å². The fourth-order valence-electron chi connectivity index (χ4n) is 3.48. The van der Waals surface area contributed by atoms with Gasteiger partial charge in [0.25, 0.3) is 0 Å². The molecule has 9 heteroatoms. The van der Waals surface area contributed by atoms with Gasteiger partial charge in [0.1, 0.15) is 17.5 Å². The van der Waals surface area contributed by atoms with Crippen molar-refractivity contribution in [3.63, 3.8) is 0 Å². The van der Waals surface area contributed by atoms with Crippen LogP contribution in [0.1, 0.15) is 19.4 Å². The van der Waals surface area contributed by atoms with Crippen molar-refractivity contribution in [2.75, 3.05) is 14.2 Å². The van der Waals surface area contributed by atoms with Gasteiger partial charge >= 0.3 is 5.97 Å². The number of thioether (sulfide) groups is 1. The molecule has 3 atom stereocenters. The molecule has 0 bridgehead atoms. The molecule has 1 aromatic carbocycles. The molecular weight excluding hydrogens is 384 g/mol. The van der Waals surface area contributed by atoms with E-state index < -0.39 is 28.7 Å². The molecule has 2 heterocycles. The van der Waals surface area contributed by atoms with E-state index >= 15 is 0 Å². The van der Waals surface area contributed by atoms with Crippen LogP contribution in [0, 0.1) is 0 Å². The Morgan fingerprint density at radius 2 is 1.93 bits per heavy atom. The Balaban J connectivity index is 1.66. The van der Waals surface area contributed by atoms with Crippen LogP contribution in [0.15, 0.2) is 24.3 Å². The zero-order chi connectivity index (χ0) is 20.6. The SMILES string of the molecule is COc1ccc(/C=C/C(=O)N[C@@H]2C(=O)N3[C@@H](C(=O)O)C(C)(C)S[C@@H]23)cc1OC. The lowest BCUT2D eigenvalue weighted by molar-refractivity contribution is -0.160. The molecule has 8 nitrogen and oxygen atoms in total. The molecule has 0 unspecified atom stereocenters. The second-order valence-corrected chi connectivity index (χ2v) is 8.80. The van der Waals surface area contributed by atoms with Gasteiger partial charge in [-0.2, -0.15) is 0 Å². The number of nitrogens with one attached hydrogen (secondary N) is 1. The lowest BCUT2D eigenvalue weighted by Gasteiger charge is -2.43. The smallest absolute Gasteiger partial charge is 0.327 e. The number of aliphatic carboxylic acids is 1. The van der Waals surface area contributed by atoms with Crippen molar-refractivity contribution in [3.05, 3.63) is 29.8 Å². The number of carbonyl (C=O) groups excluding carboxylic acids is 2. The standard InChI is InChI=1S/C19H22N2O6S/c1-19(2)15(18(24)25)21-16(23)14(17(21)28-19)20-13(22)8-6-10-5-7-11(26-3)12(9-10)27-4/h5-9,14-15,17H,1-4H3,(H,20,22)(H,24,25)/b8-6+/t14-,15+,17+/m1/s1. The highest BCUT2D eigenvalue weighted by molar-refractivity contribution is 8.01. The van der Waals surface area contributed by atoms with Crippen LogP contribution in [-0.2, 0) is 14.4 Å². The van der Waals surface area contributed by atoms with E-state index in [4.69, 9.17) is 9.47 Å². The van der Waals surface area contributed by atoms with E-state index in [1.165, 1.54) is 37.0 Å². The Bertz CT molecular complexity index is 853. The van der Waals surface area contributed by atoms with Crippen LogP contribution in [0.2, 0.25) is 0 Å². The number of β-lactam (4-membered cyclic amide) rings is 1. The van der Waals surface area contributed by atoms with E-state index in [1.807, 2.05) is 0 Å². The minimum Gasteiger partial charge on any atom is -0.493 e. The summed E-state index contributed by atoms with van der Waals surface area (Å²) in [4.78, 5) is 37.5. The van der Waals surface area contributed by atoms with Crippen molar-refractivity contribution in [3.8, 4) is 11.5 Å². The van der Waals surface area contributed by atoms with Gasteiger partial charge in [0.15, 0.2) is 11.5 Å². The number of benzene rings is 1. The molecule has 0 saturated carbocycles. The van der Waals surface area contributed by atoms with Gasteiger partial charge in [-0.1, -0.05) is 6.07 Å². The predicted octanol–water partition coefficient (Wildman–Crippen LogP) is 1.35. The number of rotatable bonds is 6. The van der Waals surface area contributed by atoms with Crippen molar-refractivity contribution in [2.45, 2.75) is 36.1 Å². The summed E-state index contributed by atoms with van der Waals surface area (Å²) in [5, 5.41) is 11.7. The molecular formula is C19H22N2O6S. The van der Waals surface area contributed by atoms with Gasteiger partial charge in [0, 0.05) is 10.8 Å². The molecule has 150 valence electrons. The molecule has 2 N–H and O–H groups in total. The minimum absolute atomic E-state index is 0.372. The highest BCUT2D eigenvalue weighted by Gasteiger charge is 2.64. The molecule has 2 amide bonds. The van der Waals surface area contributed by atoms with E-state index in [0.29, 0.717) is 11.5 Å². The number of nitrogens with zero attached hydrogens (tertiary/aromatic N) is 1. The van der Waals surface area contributed by atoms with Crippen molar-refractivity contribution in [1.29, 1.82) is 0 Å². The van der Waals surface area contributed by atoms with Crippen molar-refractivity contribution in [1.82, 2.24) is 10.2 Å². The highest BCUT2D eigenvalue weighted by Crippen LogP contribution is 2.50. The average molecular weight is 406 g/mol. The zero-order valence-electron chi connectivity index (χ0n) is 16.0. The largest absolute Gasteiger partial charge is 0.493 e. The predicted molar refractivity (Wildman–Crippen MR) is 104 cm³/mol. The normalized spacial score (nSPS) is 25.2. The fourth-order valence-corrected chi connectivity index (χ4v) is 5.10. The average Bonchev–Trinajstić information content (AvgIpc) is 2.92.